The van der Waals surface area contributed by atoms with Crippen molar-refractivity contribution in [3.05, 3.63) is 12.3 Å². The average Bonchev–Trinajstić information content (AvgIpc) is 1.85. The summed E-state index contributed by atoms with van der Waals surface area (Å²) >= 11 is -1.11. The highest BCUT2D eigenvalue weighted by Gasteiger charge is 1.92. The predicted molar refractivity (Wildman–Crippen MR) is 39.2 cm³/mol. The maximum atomic E-state index is 10.6. The zero-order valence-corrected chi connectivity index (χ0v) is 6.61. The third-order valence-corrected chi connectivity index (χ3v) is 1.74. The molecule has 0 aliphatic rings. The second kappa shape index (κ2) is 5.82. The van der Waals surface area contributed by atoms with E-state index in [1.54, 1.807) is 6.08 Å². The maximum Gasteiger partial charge on any atom is 0.205 e. The van der Waals surface area contributed by atoms with Gasteiger partial charge in [-0.3, -0.25) is 0 Å². The summed E-state index contributed by atoms with van der Waals surface area (Å²) in [6.45, 7) is 3.79. The Morgan fingerprint density at radius 3 is 2.78 bits per heavy atom. The summed E-state index contributed by atoms with van der Waals surface area (Å²) in [5.74, 6) is 0.615. The normalized spacial score (nSPS) is 14.0. The van der Waals surface area contributed by atoms with Gasteiger partial charge in [0.1, 0.15) is 0 Å². The van der Waals surface area contributed by atoms with Gasteiger partial charge in [-0.2, -0.15) is 0 Å². The Morgan fingerprint density at radius 2 is 2.33 bits per heavy atom. The standard InChI is InChI=1S/C6H12O2S/c1-3-5-8-9(7)6-4-2/h3,5H,4,6H2,1-2H3. The number of allylic oxidation sites excluding steroid dienone is 1. The predicted octanol–water partition coefficient (Wildman–Crippen LogP) is 1.61. The molecule has 0 saturated heterocycles. The van der Waals surface area contributed by atoms with E-state index in [1.165, 1.54) is 6.26 Å². The van der Waals surface area contributed by atoms with Crippen LogP contribution in [0.5, 0.6) is 0 Å². The molecule has 0 radical (unpaired) electrons. The van der Waals surface area contributed by atoms with Crippen molar-refractivity contribution in [2.45, 2.75) is 20.3 Å². The summed E-state index contributed by atoms with van der Waals surface area (Å²) in [4.78, 5) is 0. The third-order valence-electron chi connectivity index (χ3n) is 0.670. The molecular weight excluding hydrogens is 136 g/mol. The Labute approximate surface area is 58.6 Å². The van der Waals surface area contributed by atoms with E-state index in [2.05, 4.69) is 0 Å². The van der Waals surface area contributed by atoms with Gasteiger partial charge in [0.05, 0.1) is 12.0 Å². The Kier molecular flexibility index (Phi) is 5.62. The molecule has 0 spiro atoms. The summed E-state index contributed by atoms with van der Waals surface area (Å²) in [5, 5.41) is 0. The fourth-order valence-corrected chi connectivity index (χ4v) is 0.997. The van der Waals surface area contributed by atoms with E-state index < -0.39 is 11.1 Å². The number of rotatable bonds is 4. The SMILES string of the molecule is CC=COS(=O)CCC. The zero-order valence-electron chi connectivity index (χ0n) is 5.79. The maximum absolute atomic E-state index is 10.6. The molecule has 0 saturated carbocycles. The van der Waals surface area contributed by atoms with Crippen LogP contribution in [0.3, 0.4) is 0 Å². The molecule has 9 heavy (non-hydrogen) atoms. The van der Waals surface area contributed by atoms with Crippen LogP contribution in [0, 0.1) is 0 Å². The van der Waals surface area contributed by atoms with Crippen molar-refractivity contribution in [1.29, 1.82) is 0 Å². The van der Waals surface area contributed by atoms with Crippen molar-refractivity contribution in [1.82, 2.24) is 0 Å². The van der Waals surface area contributed by atoms with Crippen LogP contribution in [0.2, 0.25) is 0 Å². The van der Waals surface area contributed by atoms with Gasteiger partial charge < -0.3 is 4.18 Å². The topological polar surface area (TPSA) is 26.3 Å². The fourth-order valence-electron chi connectivity index (χ4n) is 0.332. The molecule has 0 aromatic carbocycles. The molecule has 0 aromatic rings. The van der Waals surface area contributed by atoms with Crippen molar-refractivity contribution in [3.8, 4) is 0 Å². The van der Waals surface area contributed by atoms with Crippen LogP contribution in [0.25, 0.3) is 0 Å². The van der Waals surface area contributed by atoms with E-state index in [4.69, 9.17) is 4.18 Å². The molecule has 0 aromatic heterocycles. The molecule has 3 heteroatoms. The molecule has 54 valence electrons. The molecule has 2 nitrogen and oxygen atoms in total. The molecule has 0 rings (SSSR count). The van der Waals surface area contributed by atoms with Crippen LogP contribution < -0.4 is 0 Å². The Morgan fingerprint density at radius 1 is 1.67 bits per heavy atom. The summed E-state index contributed by atoms with van der Waals surface area (Å²) in [6.07, 6.45) is 4.06. The highest BCUT2D eigenvalue weighted by molar-refractivity contribution is 7.80. The molecular formula is C6H12O2S. The monoisotopic (exact) mass is 148 g/mol. The van der Waals surface area contributed by atoms with Crippen molar-refractivity contribution < 1.29 is 8.39 Å². The second-order valence-corrected chi connectivity index (χ2v) is 2.78. The number of hydrogen-bond donors (Lipinski definition) is 0. The van der Waals surface area contributed by atoms with Gasteiger partial charge >= 0.3 is 0 Å². The van der Waals surface area contributed by atoms with Crippen LogP contribution in [-0.4, -0.2) is 9.96 Å². The molecule has 1 atom stereocenters. The lowest BCUT2D eigenvalue weighted by Gasteiger charge is -1.94. The zero-order chi connectivity index (χ0) is 7.11. The van der Waals surface area contributed by atoms with Gasteiger partial charge in [0.2, 0.25) is 11.1 Å². The van der Waals surface area contributed by atoms with Crippen molar-refractivity contribution in [3.63, 3.8) is 0 Å². The molecule has 0 amide bonds. The second-order valence-electron chi connectivity index (χ2n) is 1.57. The van der Waals surface area contributed by atoms with E-state index in [0.29, 0.717) is 5.75 Å². The van der Waals surface area contributed by atoms with Gasteiger partial charge in [0.25, 0.3) is 0 Å². The lowest BCUT2D eigenvalue weighted by atomic mass is 10.6. The minimum atomic E-state index is -1.11. The van der Waals surface area contributed by atoms with E-state index in [0.717, 1.165) is 6.42 Å². The molecule has 0 fully saturated rings. The summed E-state index contributed by atoms with van der Waals surface area (Å²) < 4.78 is 15.4. The minimum absolute atomic E-state index is 0.615. The van der Waals surface area contributed by atoms with Gasteiger partial charge in [0, 0.05) is 0 Å². The first-order valence-electron chi connectivity index (χ1n) is 2.98. The fraction of sp³-hybridized carbons (Fsp3) is 0.667. The van der Waals surface area contributed by atoms with E-state index in [-0.39, 0.29) is 0 Å². The molecule has 0 N–H and O–H groups in total. The largest absolute Gasteiger partial charge is 0.409 e. The molecule has 0 bridgehead atoms. The van der Waals surface area contributed by atoms with Gasteiger partial charge in [-0.25, -0.2) is 4.21 Å². The van der Waals surface area contributed by atoms with Crippen LogP contribution in [0.15, 0.2) is 12.3 Å². The van der Waals surface area contributed by atoms with E-state index >= 15 is 0 Å². The van der Waals surface area contributed by atoms with Gasteiger partial charge in [-0.15, -0.1) is 0 Å². The average molecular weight is 148 g/mol. The van der Waals surface area contributed by atoms with Gasteiger partial charge in [0.15, 0.2) is 0 Å². The minimum Gasteiger partial charge on any atom is -0.409 e. The highest BCUT2D eigenvalue weighted by atomic mass is 32.2. The molecule has 0 aliphatic carbocycles. The quantitative estimate of drug-likeness (QED) is 0.566. The van der Waals surface area contributed by atoms with Crippen molar-refractivity contribution in [2.24, 2.45) is 0 Å². The molecule has 0 aliphatic heterocycles. The first-order chi connectivity index (χ1) is 4.31. The van der Waals surface area contributed by atoms with E-state index in [9.17, 15) is 4.21 Å². The molecule has 0 heterocycles. The number of hydrogen-bond acceptors (Lipinski definition) is 2. The van der Waals surface area contributed by atoms with Gasteiger partial charge in [-0.05, 0) is 13.3 Å². The van der Waals surface area contributed by atoms with Crippen LogP contribution in [0.4, 0.5) is 0 Å². The summed E-state index contributed by atoms with van der Waals surface area (Å²) in [6, 6.07) is 0. The lowest BCUT2D eigenvalue weighted by molar-refractivity contribution is 0.503. The van der Waals surface area contributed by atoms with Crippen LogP contribution in [-0.2, 0) is 15.3 Å². The van der Waals surface area contributed by atoms with Crippen molar-refractivity contribution >= 4 is 11.1 Å². The smallest absolute Gasteiger partial charge is 0.205 e. The summed E-state index contributed by atoms with van der Waals surface area (Å²) in [5.41, 5.74) is 0. The lowest BCUT2D eigenvalue weighted by Crippen LogP contribution is -1.95. The molecule has 1 unspecified atom stereocenters. The Bertz CT molecular complexity index is 110. The highest BCUT2D eigenvalue weighted by Crippen LogP contribution is 1.89. The first-order valence-corrected chi connectivity index (χ1v) is 4.22. The van der Waals surface area contributed by atoms with Gasteiger partial charge in [-0.1, -0.05) is 13.0 Å². The first kappa shape index (κ1) is 8.69. The Balaban J connectivity index is 3.27. The van der Waals surface area contributed by atoms with Crippen LogP contribution in [0.1, 0.15) is 20.3 Å². The van der Waals surface area contributed by atoms with Crippen molar-refractivity contribution in [2.75, 3.05) is 5.75 Å². The Hall–Kier alpha value is -0.310. The third kappa shape index (κ3) is 5.56. The van der Waals surface area contributed by atoms with E-state index in [1.807, 2.05) is 13.8 Å². The van der Waals surface area contributed by atoms with Crippen LogP contribution >= 0.6 is 0 Å². The summed E-state index contributed by atoms with van der Waals surface area (Å²) in [7, 11) is 0.